The minimum atomic E-state index is -0.517. The summed E-state index contributed by atoms with van der Waals surface area (Å²) in [7, 11) is 3.53. The van der Waals surface area contributed by atoms with Gasteiger partial charge in [0.15, 0.2) is 5.96 Å². The second kappa shape index (κ2) is 11.9. The van der Waals surface area contributed by atoms with Crippen LogP contribution in [0, 0.1) is 0 Å². The quantitative estimate of drug-likeness (QED) is 0.294. The van der Waals surface area contributed by atoms with E-state index in [1.807, 2.05) is 40.0 Å². The molecule has 0 bridgehead atoms. The predicted molar refractivity (Wildman–Crippen MR) is 111 cm³/mol. The van der Waals surface area contributed by atoms with E-state index in [4.69, 9.17) is 4.74 Å². The normalized spacial score (nSPS) is 11.3. The Labute approximate surface area is 167 Å². The lowest BCUT2D eigenvalue weighted by atomic mass is 10.2. The van der Waals surface area contributed by atoms with Gasteiger partial charge < -0.3 is 20.3 Å². The number of carbonyl (C=O) groups excluding carboxylic acids is 1. The maximum atomic E-state index is 12.4. The van der Waals surface area contributed by atoms with Crippen LogP contribution >= 0.6 is 24.0 Å². The molecule has 25 heavy (non-hydrogen) atoms. The number of nitrogens with one attached hydrogen (secondary N) is 2. The van der Waals surface area contributed by atoms with Crippen molar-refractivity contribution < 1.29 is 9.53 Å². The fraction of sp³-hybridized carbons (Fsp3) is 0.588. The van der Waals surface area contributed by atoms with Crippen LogP contribution in [-0.4, -0.2) is 54.7 Å². The smallest absolute Gasteiger partial charge is 0.410 e. The second-order valence-electron chi connectivity index (χ2n) is 6.37. The van der Waals surface area contributed by atoms with E-state index in [1.54, 1.807) is 24.3 Å². The van der Waals surface area contributed by atoms with Crippen molar-refractivity contribution in [3.63, 3.8) is 0 Å². The lowest BCUT2D eigenvalue weighted by Gasteiger charge is -2.27. The number of nitrogens with zero attached hydrogens (tertiary/aromatic N) is 3. The Balaban J connectivity index is 0.00000576. The highest BCUT2D eigenvalue weighted by Gasteiger charge is 2.22. The molecule has 1 rings (SSSR count). The Morgan fingerprint density at radius 2 is 2.12 bits per heavy atom. The van der Waals surface area contributed by atoms with Crippen molar-refractivity contribution in [1.29, 1.82) is 0 Å². The Kier molecular flexibility index (Phi) is 11.1. The van der Waals surface area contributed by atoms with Crippen molar-refractivity contribution in [2.45, 2.75) is 39.3 Å². The molecule has 0 aliphatic carbocycles. The van der Waals surface area contributed by atoms with E-state index in [1.165, 1.54) is 0 Å². The molecule has 0 fully saturated rings. The first-order valence-corrected chi connectivity index (χ1v) is 8.11. The molecule has 1 amide bonds. The Morgan fingerprint density at radius 1 is 1.40 bits per heavy atom. The van der Waals surface area contributed by atoms with Gasteiger partial charge in [-0.3, -0.25) is 9.98 Å². The van der Waals surface area contributed by atoms with E-state index >= 15 is 0 Å². The highest BCUT2D eigenvalue weighted by molar-refractivity contribution is 14.0. The lowest BCUT2D eigenvalue weighted by molar-refractivity contribution is 0.0232. The lowest BCUT2D eigenvalue weighted by Crippen LogP contribution is -2.39. The summed E-state index contributed by atoms with van der Waals surface area (Å²) in [6.45, 7) is 7.36. The van der Waals surface area contributed by atoms with Gasteiger partial charge in [0, 0.05) is 39.6 Å². The summed E-state index contributed by atoms with van der Waals surface area (Å²) in [6, 6.07) is 3.81. The zero-order valence-corrected chi connectivity index (χ0v) is 18.0. The van der Waals surface area contributed by atoms with Gasteiger partial charge in [-0.15, -0.1) is 24.0 Å². The van der Waals surface area contributed by atoms with Crippen LogP contribution in [0.5, 0.6) is 0 Å². The summed E-state index contributed by atoms with van der Waals surface area (Å²) < 4.78 is 5.50. The summed E-state index contributed by atoms with van der Waals surface area (Å²) in [6.07, 6.45) is 3.94. The van der Waals surface area contributed by atoms with Gasteiger partial charge in [0.2, 0.25) is 0 Å². The van der Waals surface area contributed by atoms with Gasteiger partial charge >= 0.3 is 6.09 Å². The SMILES string of the molecule is CN=C(NC)NCCCN(Cc1cccnc1)C(=O)OC(C)(C)C.I. The number of guanidine groups is 1. The highest BCUT2D eigenvalue weighted by Crippen LogP contribution is 2.12. The maximum absolute atomic E-state index is 12.4. The Bertz CT molecular complexity index is 532. The van der Waals surface area contributed by atoms with Gasteiger partial charge in [0.1, 0.15) is 5.60 Å². The van der Waals surface area contributed by atoms with Crippen molar-refractivity contribution >= 4 is 36.0 Å². The summed E-state index contributed by atoms with van der Waals surface area (Å²) in [4.78, 5) is 22.3. The average molecular weight is 463 g/mol. The Hall–Kier alpha value is -1.58. The summed E-state index contributed by atoms with van der Waals surface area (Å²) >= 11 is 0. The topological polar surface area (TPSA) is 78.9 Å². The van der Waals surface area contributed by atoms with Gasteiger partial charge in [-0.2, -0.15) is 0 Å². The molecule has 2 N–H and O–H groups in total. The number of hydrogen-bond donors (Lipinski definition) is 2. The number of halogens is 1. The summed E-state index contributed by atoms with van der Waals surface area (Å²) in [5.74, 6) is 0.728. The van der Waals surface area contributed by atoms with Crippen LogP contribution in [0.15, 0.2) is 29.5 Å². The number of hydrogen-bond acceptors (Lipinski definition) is 4. The zero-order valence-electron chi connectivity index (χ0n) is 15.7. The standard InChI is InChI=1S/C17H29N5O2.HI/c1-17(2,3)24-16(23)22(13-14-8-6-9-20-12-14)11-7-10-21-15(18-4)19-5;/h6,8-9,12H,7,10-11,13H2,1-5H3,(H2,18,19,21);1H. The summed E-state index contributed by atoms with van der Waals surface area (Å²) in [5.41, 5.74) is 0.457. The van der Waals surface area contributed by atoms with Crippen LogP contribution in [0.25, 0.3) is 0 Å². The monoisotopic (exact) mass is 463 g/mol. The minimum absolute atomic E-state index is 0. The van der Waals surface area contributed by atoms with Crippen molar-refractivity contribution in [3.05, 3.63) is 30.1 Å². The van der Waals surface area contributed by atoms with Crippen LogP contribution in [-0.2, 0) is 11.3 Å². The first-order valence-electron chi connectivity index (χ1n) is 8.11. The molecule has 0 aliphatic rings. The predicted octanol–water partition coefficient (Wildman–Crippen LogP) is 2.62. The molecule has 8 heteroatoms. The van der Waals surface area contributed by atoms with Crippen LogP contribution in [0.1, 0.15) is 32.8 Å². The second-order valence-corrected chi connectivity index (χ2v) is 6.37. The van der Waals surface area contributed by atoms with Crippen LogP contribution in [0.2, 0.25) is 0 Å². The molecule has 0 saturated heterocycles. The van der Waals surface area contributed by atoms with Crippen molar-refractivity contribution in [3.8, 4) is 0 Å². The third-order valence-electron chi connectivity index (χ3n) is 3.11. The van der Waals surface area contributed by atoms with Gasteiger partial charge in [0.25, 0.3) is 0 Å². The molecule has 0 saturated carbocycles. The van der Waals surface area contributed by atoms with Gasteiger partial charge in [-0.25, -0.2) is 4.79 Å². The highest BCUT2D eigenvalue weighted by atomic mass is 127. The Morgan fingerprint density at radius 3 is 2.64 bits per heavy atom. The van der Waals surface area contributed by atoms with Crippen LogP contribution in [0.4, 0.5) is 4.79 Å². The number of aliphatic imine (C=N–C) groups is 1. The third-order valence-corrected chi connectivity index (χ3v) is 3.11. The zero-order chi connectivity index (χ0) is 18.0. The molecule has 0 radical (unpaired) electrons. The minimum Gasteiger partial charge on any atom is -0.444 e. The van der Waals surface area contributed by atoms with E-state index in [9.17, 15) is 4.79 Å². The molecule has 1 heterocycles. The number of amides is 1. The van der Waals surface area contributed by atoms with E-state index in [0.717, 1.165) is 17.9 Å². The third kappa shape index (κ3) is 10.1. The number of rotatable bonds is 6. The van der Waals surface area contributed by atoms with E-state index in [0.29, 0.717) is 19.6 Å². The molecule has 1 aromatic rings. The molecule has 0 atom stereocenters. The van der Waals surface area contributed by atoms with Gasteiger partial charge in [-0.05, 0) is 38.8 Å². The van der Waals surface area contributed by atoms with E-state index < -0.39 is 5.60 Å². The number of carbonyl (C=O) groups is 1. The molecule has 7 nitrogen and oxygen atoms in total. The van der Waals surface area contributed by atoms with Crippen molar-refractivity contribution in [2.24, 2.45) is 4.99 Å². The molecule has 142 valence electrons. The number of aromatic nitrogens is 1. The number of pyridine rings is 1. The average Bonchev–Trinajstić information content (AvgIpc) is 2.53. The molecule has 0 unspecified atom stereocenters. The fourth-order valence-electron chi connectivity index (χ4n) is 2.03. The van der Waals surface area contributed by atoms with Crippen molar-refractivity contribution in [1.82, 2.24) is 20.5 Å². The molecule has 1 aromatic heterocycles. The fourth-order valence-corrected chi connectivity index (χ4v) is 2.03. The molecular formula is C17H30IN5O2. The van der Waals surface area contributed by atoms with Crippen LogP contribution in [0.3, 0.4) is 0 Å². The van der Waals surface area contributed by atoms with Crippen molar-refractivity contribution in [2.75, 3.05) is 27.2 Å². The van der Waals surface area contributed by atoms with Crippen LogP contribution < -0.4 is 10.6 Å². The largest absolute Gasteiger partial charge is 0.444 e. The van der Waals surface area contributed by atoms with E-state index in [-0.39, 0.29) is 30.1 Å². The van der Waals surface area contributed by atoms with E-state index in [2.05, 4.69) is 20.6 Å². The molecule has 0 aromatic carbocycles. The first-order chi connectivity index (χ1) is 11.4. The maximum Gasteiger partial charge on any atom is 0.410 e. The van der Waals surface area contributed by atoms with Gasteiger partial charge in [-0.1, -0.05) is 6.07 Å². The molecule has 0 spiro atoms. The first kappa shape index (κ1) is 23.4. The van der Waals surface area contributed by atoms with Gasteiger partial charge in [0.05, 0.1) is 6.54 Å². The molecule has 0 aliphatic heterocycles. The molecular weight excluding hydrogens is 433 g/mol. The summed E-state index contributed by atoms with van der Waals surface area (Å²) in [5, 5.41) is 6.13. The number of ether oxygens (including phenoxy) is 1.